The largest absolute Gasteiger partial charge is 0.486 e. The molecule has 1 fully saturated rings. The van der Waals surface area contributed by atoms with Crippen LogP contribution in [0.25, 0.3) is 0 Å². The Bertz CT molecular complexity index is 466. The van der Waals surface area contributed by atoms with E-state index in [1.807, 2.05) is 25.1 Å². The molecule has 4 nitrogen and oxygen atoms in total. The van der Waals surface area contributed by atoms with Gasteiger partial charge in [-0.05, 0) is 37.5 Å². The van der Waals surface area contributed by atoms with Crippen molar-refractivity contribution >= 4 is 0 Å². The van der Waals surface area contributed by atoms with E-state index in [4.69, 9.17) is 14.2 Å². The summed E-state index contributed by atoms with van der Waals surface area (Å²) < 4.78 is 17.0. The van der Waals surface area contributed by atoms with Crippen molar-refractivity contribution in [3.05, 3.63) is 23.8 Å². The summed E-state index contributed by atoms with van der Waals surface area (Å²) in [4.78, 5) is 0. The summed E-state index contributed by atoms with van der Waals surface area (Å²) in [6.07, 6.45) is 3.44. The summed E-state index contributed by atoms with van der Waals surface area (Å²) in [5, 5.41) is 10.8. The molecule has 110 valence electrons. The Morgan fingerprint density at radius 2 is 1.90 bits per heavy atom. The number of hydrogen-bond donors (Lipinski definition) is 1. The van der Waals surface area contributed by atoms with Gasteiger partial charge in [0.2, 0.25) is 0 Å². The third-order valence-electron chi connectivity index (χ3n) is 4.26. The van der Waals surface area contributed by atoms with Crippen LogP contribution in [0.5, 0.6) is 11.5 Å². The summed E-state index contributed by atoms with van der Waals surface area (Å²) in [6, 6.07) is 5.68. The zero-order chi connectivity index (χ0) is 14.0. The molecule has 1 N–H and O–H groups in total. The van der Waals surface area contributed by atoms with Gasteiger partial charge in [-0.15, -0.1) is 0 Å². The standard InChI is InChI=1S/C16H22O4/c1-2-20-16(7-3-4-8-16)15(17)12-5-6-13-14(11-12)19-10-9-18-13/h5-6,11,15,17H,2-4,7-10H2,1H3. The predicted molar refractivity (Wildman–Crippen MR) is 75.2 cm³/mol. The average molecular weight is 278 g/mol. The van der Waals surface area contributed by atoms with Crippen LogP contribution in [0.2, 0.25) is 0 Å². The van der Waals surface area contributed by atoms with E-state index in [-0.39, 0.29) is 0 Å². The first-order chi connectivity index (χ1) is 9.75. The van der Waals surface area contributed by atoms with Gasteiger partial charge in [0.1, 0.15) is 19.3 Å². The Morgan fingerprint density at radius 3 is 2.60 bits per heavy atom. The molecule has 1 aromatic rings. The molecule has 1 unspecified atom stereocenters. The molecule has 0 aromatic heterocycles. The molecule has 1 aliphatic heterocycles. The molecular formula is C16H22O4. The first kappa shape index (κ1) is 13.7. The topological polar surface area (TPSA) is 47.9 Å². The summed E-state index contributed by atoms with van der Waals surface area (Å²) in [5.41, 5.74) is 0.419. The second kappa shape index (κ2) is 5.62. The van der Waals surface area contributed by atoms with Gasteiger partial charge in [0.25, 0.3) is 0 Å². The molecule has 4 heteroatoms. The fourth-order valence-electron chi connectivity index (χ4n) is 3.29. The zero-order valence-electron chi connectivity index (χ0n) is 11.9. The Morgan fingerprint density at radius 1 is 1.20 bits per heavy atom. The minimum absolute atomic E-state index is 0.432. The van der Waals surface area contributed by atoms with E-state index in [1.54, 1.807) is 0 Å². The van der Waals surface area contributed by atoms with E-state index in [2.05, 4.69) is 0 Å². The first-order valence-corrected chi connectivity index (χ1v) is 7.47. The van der Waals surface area contributed by atoms with Gasteiger partial charge in [0.05, 0.1) is 5.60 Å². The van der Waals surface area contributed by atoms with E-state index in [0.717, 1.165) is 42.7 Å². The van der Waals surface area contributed by atoms with Crippen LogP contribution in [0, 0.1) is 0 Å². The Labute approximate surface area is 119 Å². The molecule has 0 radical (unpaired) electrons. The van der Waals surface area contributed by atoms with E-state index in [1.165, 1.54) is 0 Å². The van der Waals surface area contributed by atoms with E-state index in [9.17, 15) is 5.11 Å². The smallest absolute Gasteiger partial charge is 0.161 e. The minimum atomic E-state index is -0.610. The average Bonchev–Trinajstić information content (AvgIpc) is 2.96. The highest BCUT2D eigenvalue weighted by molar-refractivity contribution is 5.45. The molecular weight excluding hydrogens is 256 g/mol. The molecule has 0 spiro atoms. The molecule has 1 atom stereocenters. The third kappa shape index (κ3) is 2.38. The van der Waals surface area contributed by atoms with Gasteiger partial charge in [0, 0.05) is 6.61 Å². The lowest BCUT2D eigenvalue weighted by Crippen LogP contribution is -2.36. The molecule has 20 heavy (non-hydrogen) atoms. The number of rotatable bonds is 4. The molecule has 0 amide bonds. The molecule has 0 bridgehead atoms. The summed E-state index contributed by atoms with van der Waals surface area (Å²) in [5.74, 6) is 1.47. The monoisotopic (exact) mass is 278 g/mol. The highest BCUT2D eigenvalue weighted by Gasteiger charge is 2.42. The molecule has 1 saturated carbocycles. The normalized spacial score (nSPS) is 21.7. The maximum atomic E-state index is 10.8. The van der Waals surface area contributed by atoms with Gasteiger partial charge >= 0.3 is 0 Å². The van der Waals surface area contributed by atoms with Crippen LogP contribution < -0.4 is 9.47 Å². The van der Waals surface area contributed by atoms with Gasteiger partial charge in [-0.3, -0.25) is 0 Å². The molecule has 0 saturated heterocycles. The van der Waals surface area contributed by atoms with E-state index < -0.39 is 11.7 Å². The second-order valence-corrected chi connectivity index (χ2v) is 5.51. The number of aliphatic hydroxyl groups excluding tert-OH is 1. The van der Waals surface area contributed by atoms with Crippen molar-refractivity contribution < 1.29 is 19.3 Å². The number of fused-ring (bicyclic) bond motifs is 1. The predicted octanol–water partition coefficient (Wildman–Crippen LogP) is 2.84. The van der Waals surface area contributed by atoms with Gasteiger partial charge in [-0.2, -0.15) is 0 Å². The van der Waals surface area contributed by atoms with Crippen LogP contribution in [0.1, 0.15) is 44.3 Å². The van der Waals surface area contributed by atoms with Crippen LogP contribution in [0.15, 0.2) is 18.2 Å². The van der Waals surface area contributed by atoms with Crippen molar-refractivity contribution in [1.82, 2.24) is 0 Å². The highest BCUT2D eigenvalue weighted by atomic mass is 16.6. The van der Waals surface area contributed by atoms with E-state index in [0.29, 0.717) is 19.8 Å². The van der Waals surface area contributed by atoms with Gasteiger partial charge in [-0.1, -0.05) is 18.9 Å². The summed E-state index contributed by atoms with van der Waals surface area (Å²) in [7, 11) is 0. The lowest BCUT2D eigenvalue weighted by molar-refractivity contribution is -0.118. The van der Waals surface area contributed by atoms with Crippen molar-refractivity contribution in [2.75, 3.05) is 19.8 Å². The number of aliphatic hydroxyl groups is 1. The highest BCUT2D eigenvalue weighted by Crippen LogP contribution is 2.44. The van der Waals surface area contributed by atoms with Crippen LogP contribution in [0.4, 0.5) is 0 Å². The van der Waals surface area contributed by atoms with Crippen molar-refractivity contribution in [3.63, 3.8) is 0 Å². The van der Waals surface area contributed by atoms with Crippen LogP contribution >= 0.6 is 0 Å². The van der Waals surface area contributed by atoms with Crippen LogP contribution in [-0.2, 0) is 4.74 Å². The Kier molecular flexibility index (Phi) is 3.85. The van der Waals surface area contributed by atoms with Crippen molar-refractivity contribution in [2.45, 2.75) is 44.3 Å². The van der Waals surface area contributed by atoms with Crippen molar-refractivity contribution in [1.29, 1.82) is 0 Å². The lowest BCUT2D eigenvalue weighted by atomic mass is 9.89. The SMILES string of the molecule is CCOC1(C(O)c2ccc3c(c2)OCCO3)CCCC1. The number of ether oxygens (including phenoxy) is 3. The van der Waals surface area contributed by atoms with Gasteiger partial charge in [0.15, 0.2) is 11.5 Å². The summed E-state index contributed by atoms with van der Waals surface area (Å²) in [6.45, 7) is 3.75. The molecule has 1 aromatic carbocycles. The molecule has 1 aliphatic carbocycles. The fraction of sp³-hybridized carbons (Fsp3) is 0.625. The second-order valence-electron chi connectivity index (χ2n) is 5.51. The fourth-order valence-corrected chi connectivity index (χ4v) is 3.29. The molecule has 1 heterocycles. The first-order valence-electron chi connectivity index (χ1n) is 7.47. The van der Waals surface area contributed by atoms with Crippen molar-refractivity contribution in [2.24, 2.45) is 0 Å². The van der Waals surface area contributed by atoms with Crippen LogP contribution in [0.3, 0.4) is 0 Å². The van der Waals surface area contributed by atoms with Crippen LogP contribution in [-0.4, -0.2) is 30.5 Å². The molecule has 2 aliphatic rings. The van der Waals surface area contributed by atoms with E-state index >= 15 is 0 Å². The Balaban J connectivity index is 1.87. The minimum Gasteiger partial charge on any atom is -0.486 e. The quantitative estimate of drug-likeness (QED) is 0.920. The molecule has 3 rings (SSSR count). The zero-order valence-corrected chi connectivity index (χ0v) is 11.9. The van der Waals surface area contributed by atoms with Gasteiger partial charge in [-0.25, -0.2) is 0 Å². The maximum absolute atomic E-state index is 10.8. The summed E-state index contributed by atoms with van der Waals surface area (Å²) >= 11 is 0. The number of benzene rings is 1. The lowest BCUT2D eigenvalue weighted by Gasteiger charge is -2.34. The Hall–Kier alpha value is -1.26. The van der Waals surface area contributed by atoms with Gasteiger partial charge < -0.3 is 19.3 Å². The van der Waals surface area contributed by atoms with Crippen molar-refractivity contribution in [3.8, 4) is 11.5 Å². The maximum Gasteiger partial charge on any atom is 0.161 e. The third-order valence-corrected chi connectivity index (χ3v) is 4.26. The number of hydrogen-bond acceptors (Lipinski definition) is 4.